The molecule has 1 fully saturated rings. The molecule has 2 aliphatic heterocycles. The SMILES string of the molecule is CN1CCCC(C)(O)C(=[N+]2C=C(C(=O)NCc3ccc(F)cc3F)C(=O)C(OCc3ccccc3)=C2C=O)C1.[CH3-].[Re].[SH-]. The molecule has 2 N–H and O–H groups in total. The largest absolute Gasteiger partial charge is 0.813 e. The van der Waals surface area contributed by atoms with Crippen molar-refractivity contribution in [1.29, 1.82) is 0 Å². The van der Waals surface area contributed by atoms with Crippen molar-refractivity contribution >= 4 is 37.2 Å². The summed E-state index contributed by atoms with van der Waals surface area (Å²) >= 11 is 0. The van der Waals surface area contributed by atoms with Gasteiger partial charge in [-0.1, -0.05) is 36.4 Å². The molecule has 8 nitrogen and oxygen atoms in total. The topological polar surface area (TPSA) is 99.0 Å². The average Bonchev–Trinajstić information content (AvgIpc) is 3.04. The van der Waals surface area contributed by atoms with E-state index in [1.807, 2.05) is 18.0 Å². The number of aliphatic hydroxyl groups is 1. The zero-order valence-electron chi connectivity index (χ0n) is 23.6. The number of ether oxygens (including phenoxy) is 1. The van der Waals surface area contributed by atoms with Crippen LogP contribution in [0, 0.1) is 19.1 Å². The van der Waals surface area contributed by atoms with Gasteiger partial charge >= 0.3 is 0 Å². The monoisotopic (exact) mass is 773 g/mol. The predicted molar refractivity (Wildman–Crippen MR) is 153 cm³/mol. The Morgan fingerprint density at radius 3 is 2.55 bits per heavy atom. The van der Waals surface area contributed by atoms with Crippen molar-refractivity contribution in [3.63, 3.8) is 0 Å². The molecule has 1 atom stereocenters. The Morgan fingerprint density at radius 1 is 1.21 bits per heavy atom. The number of hydrogen-bond donors (Lipinski definition) is 2. The molecule has 227 valence electrons. The van der Waals surface area contributed by atoms with Crippen LogP contribution in [0.5, 0.6) is 0 Å². The second-order valence-electron chi connectivity index (χ2n) is 9.83. The minimum Gasteiger partial charge on any atom is -0.813 e. The number of likely N-dealkylation sites (tertiary alicyclic amines) is 1. The van der Waals surface area contributed by atoms with Crippen LogP contribution in [0.1, 0.15) is 30.9 Å². The summed E-state index contributed by atoms with van der Waals surface area (Å²) < 4.78 is 34.6. The van der Waals surface area contributed by atoms with Gasteiger partial charge in [0.25, 0.3) is 11.6 Å². The molecule has 1 unspecified atom stereocenters. The maximum atomic E-state index is 14.1. The Balaban J connectivity index is 0.00000294. The van der Waals surface area contributed by atoms with E-state index in [0.717, 1.165) is 11.6 Å². The van der Waals surface area contributed by atoms with Crippen LogP contribution in [-0.4, -0.2) is 64.0 Å². The maximum Gasteiger partial charge on any atom is 0.297 e. The first-order valence-corrected chi connectivity index (χ1v) is 12.5. The number of thiol groups is 1. The first-order valence-electron chi connectivity index (χ1n) is 12.5. The van der Waals surface area contributed by atoms with Gasteiger partial charge in [0, 0.05) is 38.6 Å². The van der Waals surface area contributed by atoms with E-state index in [1.165, 1.54) is 16.8 Å². The molecule has 2 heterocycles. The molecule has 0 spiro atoms. The summed E-state index contributed by atoms with van der Waals surface area (Å²) in [5, 5.41) is 13.8. The van der Waals surface area contributed by atoms with Crippen LogP contribution in [-0.2, 0) is 66.2 Å². The second kappa shape index (κ2) is 16.0. The number of nitrogens with zero attached hydrogens (tertiary/aromatic N) is 2. The zero-order valence-corrected chi connectivity index (χ0v) is 27.2. The predicted octanol–water partition coefficient (Wildman–Crippen LogP) is 2.78. The number of carbonyl (C=O) groups is 3. The van der Waals surface area contributed by atoms with Crippen LogP contribution in [0.25, 0.3) is 0 Å². The number of ketones is 1. The number of amides is 1. The Labute approximate surface area is 265 Å². The van der Waals surface area contributed by atoms with E-state index in [9.17, 15) is 28.3 Å². The fourth-order valence-corrected chi connectivity index (χ4v) is 4.58. The molecule has 0 aromatic heterocycles. The van der Waals surface area contributed by atoms with Gasteiger partial charge in [-0.05, 0) is 45.0 Å². The Hall–Kier alpha value is -3.01. The molecule has 2 aliphatic rings. The van der Waals surface area contributed by atoms with Crippen LogP contribution >= 0.6 is 0 Å². The van der Waals surface area contributed by atoms with Crippen molar-refractivity contribution in [1.82, 2.24) is 10.2 Å². The average molecular weight is 773 g/mol. The number of nitrogens with one attached hydrogen (secondary N) is 1. The van der Waals surface area contributed by atoms with Crippen LogP contribution in [0.2, 0.25) is 0 Å². The smallest absolute Gasteiger partial charge is 0.297 e. The molecule has 42 heavy (non-hydrogen) atoms. The summed E-state index contributed by atoms with van der Waals surface area (Å²) in [7, 11) is 1.86. The number of halogens is 2. The van der Waals surface area contributed by atoms with E-state index >= 15 is 0 Å². The minimum absolute atomic E-state index is 0. The number of carbonyl (C=O) groups excluding carboxylic acids is 3. The molecule has 4 rings (SSSR count). The molecule has 1 radical (unpaired) electrons. The number of Topliss-reactive ketones (excluding diaryl/α,β-unsaturated/α-hetero) is 1. The number of aldehydes is 1. The van der Waals surface area contributed by atoms with Gasteiger partial charge in [-0.25, -0.2) is 8.78 Å². The number of hydrogen-bond acceptors (Lipinski definition) is 7. The third kappa shape index (κ3) is 8.52. The zero-order chi connectivity index (χ0) is 28.2. The normalized spacial score (nSPS) is 20.7. The third-order valence-corrected chi connectivity index (χ3v) is 6.77. The third-order valence-electron chi connectivity index (χ3n) is 6.77. The van der Waals surface area contributed by atoms with Gasteiger partial charge in [0.15, 0.2) is 11.8 Å². The summed E-state index contributed by atoms with van der Waals surface area (Å²) in [4.78, 5) is 41.1. The van der Waals surface area contributed by atoms with E-state index in [4.69, 9.17) is 4.74 Å². The molecule has 1 saturated heterocycles. The molecule has 2 aromatic carbocycles. The van der Waals surface area contributed by atoms with Gasteiger partial charge in [0.2, 0.25) is 23.5 Å². The molecular weight excluding hydrogens is 739 g/mol. The van der Waals surface area contributed by atoms with Gasteiger partial charge in [-0.3, -0.25) is 19.3 Å². The van der Waals surface area contributed by atoms with Crippen molar-refractivity contribution in [2.45, 2.75) is 38.5 Å². The van der Waals surface area contributed by atoms with Crippen LogP contribution < -0.4 is 5.32 Å². The molecule has 1 amide bonds. The van der Waals surface area contributed by atoms with Crippen molar-refractivity contribution in [2.24, 2.45) is 0 Å². The fraction of sp³-hybridized carbons (Fsp3) is 0.300. The first-order chi connectivity index (χ1) is 18.6. The molecule has 0 saturated carbocycles. The number of rotatable bonds is 7. The van der Waals surface area contributed by atoms with Crippen molar-refractivity contribution in [2.75, 3.05) is 20.1 Å². The molecular formula is C30H34F2N3O5ReS-. The van der Waals surface area contributed by atoms with Crippen LogP contribution in [0.15, 0.2) is 71.8 Å². The van der Waals surface area contributed by atoms with Crippen molar-refractivity contribution < 1.29 is 58.0 Å². The molecule has 12 heteroatoms. The van der Waals surface area contributed by atoms with E-state index in [2.05, 4.69) is 5.32 Å². The molecule has 2 aromatic rings. The molecule has 0 bridgehead atoms. The van der Waals surface area contributed by atoms with Crippen LogP contribution in [0.4, 0.5) is 8.78 Å². The summed E-state index contributed by atoms with van der Waals surface area (Å²) in [5.74, 6) is -3.62. The quantitative estimate of drug-likeness (QED) is 0.112. The first kappa shape index (κ1) is 37.0. The summed E-state index contributed by atoms with van der Waals surface area (Å²) in [6, 6.07) is 11.9. The Bertz CT molecular complexity index is 1400. The van der Waals surface area contributed by atoms with Gasteiger partial charge in [-0.15, -0.1) is 0 Å². The minimum atomic E-state index is -1.35. The summed E-state index contributed by atoms with van der Waals surface area (Å²) in [5.41, 5.74) is -0.690. The van der Waals surface area contributed by atoms with Crippen molar-refractivity contribution in [3.8, 4) is 0 Å². The van der Waals surface area contributed by atoms with Gasteiger partial charge in [0.1, 0.15) is 23.8 Å². The van der Waals surface area contributed by atoms with E-state index in [1.54, 1.807) is 31.2 Å². The maximum absolute atomic E-state index is 14.1. The van der Waals surface area contributed by atoms with Crippen LogP contribution in [0.3, 0.4) is 0 Å². The molecule has 0 aliphatic carbocycles. The van der Waals surface area contributed by atoms with Gasteiger partial charge in [0.05, 0.1) is 6.54 Å². The standard InChI is InChI=1S/C29H29F2N3O5.CH3.Re.H2S/c1-29(38)11-6-12-33(2)16-25(29)34-15-22(28(37)32-14-20-9-10-21(30)13-23(20)31)26(36)27(24(34)17-35)39-18-19-7-4-3-5-8-19;;;/h3-5,7-10,13,15,17,38H,6,11-12,14,16,18H2,1-2H3;1H3;;1H2/q;-1;;. The Morgan fingerprint density at radius 2 is 1.90 bits per heavy atom. The summed E-state index contributed by atoms with van der Waals surface area (Å²) in [6.45, 7) is 2.22. The van der Waals surface area contributed by atoms with E-state index < -0.39 is 28.9 Å². The fourth-order valence-electron chi connectivity index (χ4n) is 4.58. The number of benzene rings is 2. The second-order valence-corrected chi connectivity index (χ2v) is 9.83. The summed E-state index contributed by atoms with van der Waals surface area (Å²) in [6.07, 6.45) is 2.76. The van der Waals surface area contributed by atoms with Gasteiger partial charge in [-0.2, -0.15) is 4.58 Å². The Kier molecular flexibility index (Phi) is 14.1. The number of allylic oxidation sites excluding steroid dienone is 2. The van der Waals surface area contributed by atoms with E-state index in [0.29, 0.717) is 37.5 Å². The van der Waals surface area contributed by atoms with E-state index in [-0.39, 0.29) is 83.6 Å². The van der Waals surface area contributed by atoms with Gasteiger partial charge < -0.3 is 36.1 Å². The van der Waals surface area contributed by atoms with Crippen molar-refractivity contribution in [3.05, 3.63) is 102 Å².